The topological polar surface area (TPSA) is 126 Å². The van der Waals surface area contributed by atoms with Gasteiger partial charge in [0.2, 0.25) is 0 Å². The number of halogens is 1. The number of carbonyl (C=O) groups excluding carboxylic acids is 2. The Bertz CT molecular complexity index is 1160. The molecule has 2 aromatic carbocycles. The average molecular weight is 435 g/mol. The summed E-state index contributed by atoms with van der Waals surface area (Å²) in [6, 6.07) is 13.0. The number of carbonyl (C=O) groups is 2. The van der Waals surface area contributed by atoms with Crippen molar-refractivity contribution in [3.8, 4) is 5.75 Å². The molecule has 0 radical (unpaired) electrons. The van der Waals surface area contributed by atoms with Crippen LogP contribution in [-0.2, 0) is 15.6 Å². The van der Waals surface area contributed by atoms with Crippen molar-refractivity contribution in [3.05, 3.63) is 82.8 Å². The molecular weight excluding hydrogens is 420 g/mol. The fourth-order valence-electron chi connectivity index (χ4n) is 2.49. The first kappa shape index (κ1) is 20.4. The van der Waals surface area contributed by atoms with Gasteiger partial charge in [0.25, 0.3) is 5.91 Å². The number of sulfone groups is 1. The van der Waals surface area contributed by atoms with Crippen molar-refractivity contribution in [1.82, 2.24) is 10.9 Å². The van der Waals surface area contributed by atoms with Crippen LogP contribution in [0.2, 0.25) is 5.02 Å². The quantitative estimate of drug-likeness (QED) is 0.530. The smallest absolute Gasteiger partial charge is 0.305 e. The molecule has 10 heteroatoms. The van der Waals surface area contributed by atoms with E-state index in [-0.39, 0.29) is 32.6 Å². The molecule has 1 aromatic heterocycles. The van der Waals surface area contributed by atoms with E-state index >= 15 is 0 Å². The summed E-state index contributed by atoms with van der Waals surface area (Å²) in [5, 5.41) is 9.94. The van der Waals surface area contributed by atoms with Gasteiger partial charge in [0.05, 0.1) is 22.5 Å². The van der Waals surface area contributed by atoms with Crippen LogP contribution < -0.4 is 10.9 Å². The third kappa shape index (κ3) is 4.76. The Labute approximate surface area is 171 Å². The Balaban J connectivity index is 1.71. The molecule has 8 nitrogen and oxygen atoms in total. The molecule has 0 aliphatic heterocycles. The van der Waals surface area contributed by atoms with E-state index in [1.54, 1.807) is 18.2 Å². The van der Waals surface area contributed by atoms with E-state index in [0.29, 0.717) is 0 Å². The first-order valence-electron chi connectivity index (χ1n) is 8.21. The molecular formula is C19H15ClN2O6S. The minimum absolute atomic E-state index is 0.109. The highest BCUT2D eigenvalue weighted by atomic mass is 35.5. The van der Waals surface area contributed by atoms with Crippen LogP contribution in [0.5, 0.6) is 5.75 Å². The van der Waals surface area contributed by atoms with Crippen LogP contribution in [0.3, 0.4) is 0 Å². The van der Waals surface area contributed by atoms with Crippen molar-refractivity contribution in [2.24, 2.45) is 0 Å². The van der Waals surface area contributed by atoms with E-state index in [1.807, 2.05) is 0 Å². The van der Waals surface area contributed by atoms with Gasteiger partial charge >= 0.3 is 5.91 Å². The zero-order valence-electron chi connectivity index (χ0n) is 14.8. The number of amides is 2. The van der Waals surface area contributed by atoms with Gasteiger partial charge in [-0.15, -0.1) is 0 Å². The van der Waals surface area contributed by atoms with Gasteiger partial charge in [-0.3, -0.25) is 20.4 Å². The fourth-order valence-corrected chi connectivity index (χ4v) is 4.04. The summed E-state index contributed by atoms with van der Waals surface area (Å²) in [4.78, 5) is 24.6. The van der Waals surface area contributed by atoms with Crippen molar-refractivity contribution in [1.29, 1.82) is 0 Å². The molecule has 3 N–H and O–H groups in total. The standard InChI is InChI=1S/C19H15ClN2O6S/c20-13-6-7-16(23)15(10-13)18(24)21-22-19(25)17-12(8-9-28-17)11-29(26,27)14-4-2-1-3-5-14/h1-10,23H,11H2,(H,21,24)(H,22,25). The van der Waals surface area contributed by atoms with Crippen LogP contribution in [0.4, 0.5) is 0 Å². The summed E-state index contributed by atoms with van der Waals surface area (Å²) in [7, 11) is -3.70. The number of hydrazine groups is 1. The molecule has 0 spiro atoms. The summed E-state index contributed by atoms with van der Waals surface area (Å²) in [5.41, 5.74) is 4.21. The Kier molecular flexibility index (Phi) is 5.90. The second-order valence-corrected chi connectivity index (χ2v) is 8.34. The van der Waals surface area contributed by atoms with Gasteiger partial charge in [-0.05, 0) is 36.4 Å². The number of hydrogen-bond donors (Lipinski definition) is 3. The predicted molar refractivity (Wildman–Crippen MR) is 104 cm³/mol. The van der Waals surface area contributed by atoms with Crippen molar-refractivity contribution in [3.63, 3.8) is 0 Å². The van der Waals surface area contributed by atoms with Crippen LogP contribution in [0.1, 0.15) is 26.5 Å². The fraction of sp³-hybridized carbons (Fsp3) is 0.0526. The second kappa shape index (κ2) is 8.38. The number of aromatic hydroxyl groups is 1. The number of phenolic OH excluding ortho intramolecular Hbond substituents is 1. The molecule has 29 heavy (non-hydrogen) atoms. The van der Waals surface area contributed by atoms with Crippen molar-refractivity contribution >= 4 is 33.3 Å². The maximum absolute atomic E-state index is 12.5. The maximum atomic E-state index is 12.5. The molecule has 1 heterocycles. The lowest BCUT2D eigenvalue weighted by Gasteiger charge is -2.09. The highest BCUT2D eigenvalue weighted by molar-refractivity contribution is 7.90. The summed E-state index contributed by atoms with van der Waals surface area (Å²) in [6.45, 7) is 0. The van der Waals surface area contributed by atoms with E-state index in [4.69, 9.17) is 16.0 Å². The minimum atomic E-state index is -3.70. The van der Waals surface area contributed by atoms with Gasteiger partial charge in [-0.2, -0.15) is 0 Å². The molecule has 3 aromatic rings. The molecule has 0 fully saturated rings. The first-order chi connectivity index (χ1) is 13.8. The molecule has 0 bridgehead atoms. The van der Waals surface area contributed by atoms with Crippen molar-refractivity contribution < 1.29 is 27.5 Å². The minimum Gasteiger partial charge on any atom is -0.507 e. The third-order valence-corrected chi connectivity index (χ3v) is 5.81. The van der Waals surface area contributed by atoms with Gasteiger partial charge in [0.1, 0.15) is 5.75 Å². The predicted octanol–water partition coefficient (Wildman–Crippen LogP) is 2.69. The van der Waals surface area contributed by atoms with Crippen LogP contribution in [0.15, 0.2) is 70.2 Å². The van der Waals surface area contributed by atoms with Crippen LogP contribution in [0, 0.1) is 0 Å². The summed E-state index contributed by atoms with van der Waals surface area (Å²) < 4.78 is 30.1. The lowest BCUT2D eigenvalue weighted by atomic mass is 10.2. The van der Waals surface area contributed by atoms with Crippen LogP contribution in [0.25, 0.3) is 0 Å². The van der Waals surface area contributed by atoms with E-state index in [0.717, 1.165) is 0 Å². The normalized spacial score (nSPS) is 11.1. The number of hydrogen-bond acceptors (Lipinski definition) is 6. The van der Waals surface area contributed by atoms with Crippen molar-refractivity contribution in [2.45, 2.75) is 10.6 Å². The molecule has 0 saturated carbocycles. The van der Waals surface area contributed by atoms with Gasteiger partial charge in [-0.25, -0.2) is 8.42 Å². The monoisotopic (exact) mass is 434 g/mol. The molecule has 0 aliphatic rings. The van der Waals surface area contributed by atoms with Gasteiger partial charge < -0.3 is 9.52 Å². The first-order valence-corrected chi connectivity index (χ1v) is 10.2. The lowest BCUT2D eigenvalue weighted by Crippen LogP contribution is -2.41. The Hall–Kier alpha value is -3.30. The number of benzene rings is 2. The van der Waals surface area contributed by atoms with E-state index in [9.17, 15) is 23.1 Å². The third-order valence-electron chi connectivity index (χ3n) is 3.89. The molecule has 3 rings (SSSR count). The van der Waals surface area contributed by atoms with Gasteiger partial charge in [0.15, 0.2) is 15.6 Å². The molecule has 2 amide bonds. The average Bonchev–Trinajstić information content (AvgIpc) is 3.16. The maximum Gasteiger partial charge on any atom is 0.305 e. The lowest BCUT2D eigenvalue weighted by molar-refractivity contribution is 0.0828. The van der Waals surface area contributed by atoms with Crippen LogP contribution >= 0.6 is 11.6 Å². The zero-order valence-corrected chi connectivity index (χ0v) is 16.3. The zero-order chi connectivity index (χ0) is 21.0. The molecule has 0 unspecified atom stereocenters. The molecule has 0 saturated heterocycles. The molecule has 150 valence electrons. The summed E-state index contributed by atoms with van der Waals surface area (Å²) in [6.07, 6.45) is 1.18. The second-order valence-electron chi connectivity index (χ2n) is 5.92. The van der Waals surface area contributed by atoms with Crippen LogP contribution in [-0.4, -0.2) is 25.3 Å². The van der Waals surface area contributed by atoms with Gasteiger partial charge in [-0.1, -0.05) is 29.8 Å². The van der Waals surface area contributed by atoms with E-state index in [1.165, 1.54) is 42.7 Å². The Morgan fingerprint density at radius 3 is 2.41 bits per heavy atom. The van der Waals surface area contributed by atoms with E-state index < -0.39 is 27.4 Å². The summed E-state index contributed by atoms with van der Waals surface area (Å²) >= 11 is 5.79. The molecule has 0 atom stereocenters. The number of rotatable bonds is 5. The summed E-state index contributed by atoms with van der Waals surface area (Å²) in [5.74, 6) is -2.72. The number of phenols is 1. The van der Waals surface area contributed by atoms with E-state index in [2.05, 4.69) is 10.9 Å². The Morgan fingerprint density at radius 2 is 1.69 bits per heavy atom. The van der Waals surface area contributed by atoms with Crippen molar-refractivity contribution in [2.75, 3.05) is 0 Å². The largest absolute Gasteiger partial charge is 0.507 e. The molecule has 0 aliphatic carbocycles. The van der Waals surface area contributed by atoms with Gasteiger partial charge in [0, 0.05) is 10.6 Å². The Morgan fingerprint density at radius 1 is 1.00 bits per heavy atom. The number of furan rings is 1. The SMILES string of the molecule is O=C(NNC(=O)c1occc1CS(=O)(=O)c1ccccc1)c1cc(Cl)ccc1O. The number of nitrogens with one attached hydrogen (secondary N) is 2. The highest BCUT2D eigenvalue weighted by Gasteiger charge is 2.23. The highest BCUT2D eigenvalue weighted by Crippen LogP contribution is 2.22.